The summed E-state index contributed by atoms with van der Waals surface area (Å²) in [5, 5.41) is 0.948. The Balaban J connectivity index is 2.28. The second kappa shape index (κ2) is 5.35. The van der Waals surface area contributed by atoms with Crippen LogP contribution in [-0.4, -0.2) is 15.8 Å². The molecule has 0 fully saturated rings. The molecule has 0 spiro atoms. The van der Waals surface area contributed by atoms with Gasteiger partial charge in [-0.3, -0.25) is 9.78 Å². The summed E-state index contributed by atoms with van der Waals surface area (Å²) in [5.41, 5.74) is 0. The van der Waals surface area contributed by atoms with Crippen molar-refractivity contribution in [3.05, 3.63) is 33.5 Å². The minimum Gasteiger partial charge on any atom is -0.294 e. The normalized spacial score (nSPS) is 10.5. The molecule has 0 radical (unpaired) electrons. The third-order valence-electron chi connectivity index (χ3n) is 1.83. The van der Waals surface area contributed by atoms with Crippen LogP contribution in [0, 0.1) is 0 Å². The van der Waals surface area contributed by atoms with Crippen LogP contribution in [0.4, 0.5) is 0 Å². The number of hydrogen-bond acceptors (Lipinski definition) is 5. The van der Waals surface area contributed by atoms with Crippen LogP contribution >= 0.6 is 46.3 Å². The van der Waals surface area contributed by atoms with Gasteiger partial charge in [-0.05, 0) is 0 Å². The molecule has 0 saturated heterocycles. The number of aromatic nitrogens is 2. The lowest BCUT2D eigenvalue weighted by atomic mass is 10.4. The molecule has 0 bridgehead atoms. The number of halogens is 2. The van der Waals surface area contributed by atoms with Gasteiger partial charge in [0.05, 0.1) is 26.0 Å². The molecule has 0 aliphatic heterocycles. The van der Waals surface area contributed by atoms with E-state index in [1.165, 1.54) is 42.4 Å². The largest absolute Gasteiger partial charge is 0.294 e. The average Bonchev–Trinajstić information content (AvgIpc) is 2.72. The van der Waals surface area contributed by atoms with Gasteiger partial charge < -0.3 is 0 Å². The zero-order valence-electron chi connectivity index (χ0n) is 8.61. The van der Waals surface area contributed by atoms with E-state index in [4.69, 9.17) is 23.2 Å². The molecule has 17 heavy (non-hydrogen) atoms. The Morgan fingerprint density at radius 3 is 2.47 bits per heavy atom. The summed E-state index contributed by atoms with van der Waals surface area (Å²) in [6, 6.07) is 0. The van der Waals surface area contributed by atoms with Crippen LogP contribution in [-0.2, 0) is 0 Å². The van der Waals surface area contributed by atoms with Crippen LogP contribution in [0.2, 0.25) is 10.0 Å². The van der Waals surface area contributed by atoms with Crippen molar-refractivity contribution in [1.82, 2.24) is 9.97 Å². The van der Waals surface area contributed by atoms with Crippen molar-refractivity contribution >= 4 is 52.1 Å². The van der Waals surface area contributed by atoms with E-state index in [1.807, 2.05) is 0 Å². The SMILES string of the molecule is CC(=O)c1cnc(Sc2c(Cl)cncc2Cl)s1. The molecular formula is C10H6Cl2N2OS2. The first-order valence-electron chi connectivity index (χ1n) is 4.51. The third kappa shape index (κ3) is 2.98. The Kier molecular flexibility index (Phi) is 4.04. The molecule has 3 nitrogen and oxygen atoms in total. The highest BCUT2D eigenvalue weighted by molar-refractivity contribution is 8.01. The van der Waals surface area contributed by atoms with E-state index >= 15 is 0 Å². The number of pyridine rings is 1. The zero-order chi connectivity index (χ0) is 12.4. The van der Waals surface area contributed by atoms with E-state index in [-0.39, 0.29) is 5.78 Å². The van der Waals surface area contributed by atoms with Crippen molar-refractivity contribution in [2.24, 2.45) is 0 Å². The molecular weight excluding hydrogens is 299 g/mol. The summed E-state index contributed by atoms with van der Waals surface area (Å²) in [4.78, 5) is 20.5. The summed E-state index contributed by atoms with van der Waals surface area (Å²) in [6.45, 7) is 1.51. The number of thiazole rings is 1. The average molecular weight is 305 g/mol. The fraction of sp³-hybridized carbons (Fsp3) is 0.100. The van der Waals surface area contributed by atoms with Gasteiger partial charge in [-0.2, -0.15) is 0 Å². The second-order valence-electron chi connectivity index (χ2n) is 3.08. The molecule has 2 heterocycles. The lowest BCUT2D eigenvalue weighted by Gasteiger charge is -2.02. The van der Waals surface area contributed by atoms with E-state index in [9.17, 15) is 4.79 Å². The van der Waals surface area contributed by atoms with Crippen molar-refractivity contribution in [3.8, 4) is 0 Å². The number of hydrogen-bond donors (Lipinski definition) is 0. The van der Waals surface area contributed by atoms with Crippen molar-refractivity contribution in [3.63, 3.8) is 0 Å². The van der Waals surface area contributed by atoms with E-state index < -0.39 is 0 Å². The maximum Gasteiger partial charge on any atom is 0.171 e. The summed E-state index contributed by atoms with van der Waals surface area (Å²) in [5.74, 6) is 0.00118. The van der Waals surface area contributed by atoms with Gasteiger partial charge in [-0.25, -0.2) is 4.98 Å². The van der Waals surface area contributed by atoms with Crippen molar-refractivity contribution in [2.75, 3.05) is 0 Å². The lowest BCUT2D eigenvalue weighted by molar-refractivity contribution is 0.102. The molecule has 2 aromatic rings. The highest BCUT2D eigenvalue weighted by atomic mass is 35.5. The summed E-state index contributed by atoms with van der Waals surface area (Å²) in [7, 11) is 0. The Morgan fingerprint density at radius 2 is 1.94 bits per heavy atom. The maximum absolute atomic E-state index is 11.1. The predicted molar refractivity (Wildman–Crippen MR) is 70.5 cm³/mol. The third-order valence-corrected chi connectivity index (χ3v) is 4.94. The lowest BCUT2D eigenvalue weighted by Crippen LogP contribution is -1.83. The van der Waals surface area contributed by atoms with E-state index in [1.54, 1.807) is 6.20 Å². The highest BCUT2D eigenvalue weighted by Crippen LogP contribution is 2.39. The molecule has 0 aliphatic carbocycles. The van der Waals surface area contributed by atoms with Crippen molar-refractivity contribution in [1.29, 1.82) is 0 Å². The van der Waals surface area contributed by atoms with Gasteiger partial charge in [0.1, 0.15) is 0 Å². The summed E-state index contributed by atoms with van der Waals surface area (Å²) in [6.07, 6.45) is 4.60. The quantitative estimate of drug-likeness (QED) is 0.797. The zero-order valence-corrected chi connectivity index (χ0v) is 11.8. The number of nitrogens with zero attached hydrogens (tertiary/aromatic N) is 2. The number of carbonyl (C=O) groups is 1. The topological polar surface area (TPSA) is 42.9 Å². The molecule has 2 aromatic heterocycles. The van der Waals surface area contributed by atoms with Crippen molar-refractivity contribution in [2.45, 2.75) is 16.2 Å². The molecule has 0 aromatic carbocycles. The Hall–Kier alpha value is -0.620. The predicted octanol–water partition coefficient (Wildman–Crippen LogP) is 4.20. The number of carbonyl (C=O) groups excluding carboxylic acids is 1. The fourth-order valence-corrected chi connectivity index (χ4v) is 3.46. The maximum atomic E-state index is 11.1. The number of rotatable bonds is 3. The van der Waals surface area contributed by atoms with Gasteiger partial charge in [0.15, 0.2) is 10.1 Å². The number of ketones is 1. The standard InChI is InChI=1S/C10H6Cl2N2OS2/c1-5(15)8-4-14-10(16-8)17-9-6(11)2-13-3-7(9)12/h2-4H,1H3. The Labute approximate surface area is 116 Å². The van der Waals surface area contributed by atoms with E-state index in [0.717, 1.165) is 4.34 Å². The van der Waals surface area contributed by atoms with Gasteiger partial charge in [-0.1, -0.05) is 35.0 Å². The number of Topliss-reactive ketones (excluding diaryl/α,β-unsaturated/α-hetero) is 1. The summed E-state index contributed by atoms with van der Waals surface area (Å²) >= 11 is 14.6. The fourth-order valence-electron chi connectivity index (χ4n) is 1.05. The van der Waals surface area contributed by atoms with Gasteiger partial charge in [0.25, 0.3) is 0 Å². The second-order valence-corrected chi connectivity index (χ2v) is 6.18. The van der Waals surface area contributed by atoms with Crippen LogP contribution in [0.5, 0.6) is 0 Å². The molecule has 7 heteroatoms. The van der Waals surface area contributed by atoms with Crippen LogP contribution in [0.25, 0.3) is 0 Å². The Bertz CT molecular complexity index is 551. The first-order chi connectivity index (χ1) is 8.08. The van der Waals surface area contributed by atoms with Crippen LogP contribution in [0.3, 0.4) is 0 Å². The molecule has 0 atom stereocenters. The van der Waals surface area contributed by atoms with E-state index in [2.05, 4.69) is 9.97 Å². The van der Waals surface area contributed by atoms with Gasteiger partial charge in [0, 0.05) is 19.3 Å². The van der Waals surface area contributed by atoms with Gasteiger partial charge in [-0.15, -0.1) is 11.3 Å². The van der Waals surface area contributed by atoms with Crippen LogP contribution < -0.4 is 0 Å². The van der Waals surface area contributed by atoms with Crippen molar-refractivity contribution < 1.29 is 4.79 Å². The molecule has 88 valence electrons. The monoisotopic (exact) mass is 304 g/mol. The molecule has 0 unspecified atom stereocenters. The van der Waals surface area contributed by atoms with Crippen LogP contribution in [0.1, 0.15) is 16.6 Å². The summed E-state index contributed by atoms with van der Waals surface area (Å²) < 4.78 is 0.727. The minimum atomic E-state index is 0.00118. The molecule has 0 aliphatic rings. The molecule has 0 saturated carbocycles. The Morgan fingerprint density at radius 1 is 1.29 bits per heavy atom. The highest BCUT2D eigenvalue weighted by Gasteiger charge is 2.12. The van der Waals surface area contributed by atoms with Gasteiger partial charge in [0.2, 0.25) is 0 Å². The smallest absolute Gasteiger partial charge is 0.171 e. The van der Waals surface area contributed by atoms with Crippen LogP contribution in [0.15, 0.2) is 27.8 Å². The first kappa shape index (κ1) is 12.8. The molecule has 0 amide bonds. The van der Waals surface area contributed by atoms with Gasteiger partial charge >= 0.3 is 0 Å². The molecule has 0 N–H and O–H groups in total. The minimum absolute atomic E-state index is 0.00118. The first-order valence-corrected chi connectivity index (χ1v) is 6.90. The molecule has 2 rings (SSSR count). The van der Waals surface area contributed by atoms with E-state index in [0.29, 0.717) is 19.8 Å².